The van der Waals surface area contributed by atoms with E-state index in [-0.39, 0.29) is 23.8 Å². The Labute approximate surface area is 363 Å². The molecule has 0 aromatic carbocycles. The van der Waals surface area contributed by atoms with Crippen LogP contribution < -0.4 is 0 Å². The van der Waals surface area contributed by atoms with Crippen molar-refractivity contribution in [2.45, 2.75) is 245 Å². The molecule has 2 unspecified atom stereocenters. The van der Waals surface area contributed by atoms with E-state index in [9.17, 15) is 19.8 Å². The summed E-state index contributed by atoms with van der Waals surface area (Å²) in [6, 6.07) is 0. The van der Waals surface area contributed by atoms with Gasteiger partial charge >= 0.3 is 11.9 Å². The van der Waals surface area contributed by atoms with E-state index in [2.05, 4.69) is 42.1 Å². The van der Waals surface area contributed by atoms with Crippen molar-refractivity contribution in [1.29, 1.82) is 0 Å². The van der Waals surface area contributed by atoms with Gasteiger partial charge in [0.2, 0.25) is 0 Å². The van der Waals surface area contributed by atoms with E-state index >= 15 is 0 Å². The van der Waals surface area contributed by atoms with Gasteiger partial charge in [-0.3, -0.25) is 14.5 Å². The maximum Gasteiger partial charge on any atom is 0.308 e. The van der Waals surface area contributed by atoms with E-state index in [1.807, 2.05) is 12.5 Å². The Balaban J connectivity index is 2.51. The molecule has 0 aliphatic rings. The average molecular weight is 834 g/mol. The molecule has 1 aromatic rings. The number of aliphatic hydroxyl groups excluding tert-OH is 2. The summed E-state index contributed by atoms with van der Waals surface area (Å²) in [7, 11) is 0. The highest BCUT2D eigenvalue weighted by Gasteiger charge is 2.21. The Hall–Kier alpha value is -1.97. The number of esters is 2. The van der Waals surface area contributed by atoms with Gasteiger partial charge in [-0.25, -0.2) is 4.98 Å². The summed E-state index contributed by atoms with van der Waals surface area (Å²) in [5.41, 5.74) is 0. The predicted molar refractivity (Wildman–Crippen MR) is 245 cm³/mol. The first-order valence-corrected chi connectivity index (χ1v) is 25.2. The van der Waals surface area contributed by atoms with Crippen LogP contribution in [0.1, 0.15) is 227 Å². The first-order valence-electron chi connectivity index (χ1n) is 25.2. The minimum Gasteiger partial charge on any atom is -0.465 e. The summed E-state index contributed by atoms with van der Waals surface area (Å²) in [6.07, 6.45) is 37.7. The smallest absolute Gasteiger partial charge is 0.308 e. The van der Waals surface area contributed by atoms with Crippen LogP contribution in [-0.2, 0) is 25.6 Å². The first kappa shape index (κ1) is 55.0. The lowest BCUT2D eigenvalue weighted by molar-refractivity contribution is -0.150. The predicted octanol–water partition coefficient (Wildman–Crippen LogP) is 12.4. The molecule has 1 rings (SSSR count). The zero-order valence-corrected chi connectivity index (χ0v) is 39.1. The second-order valence-corrected chi connectivity index (χ2v) is 17.8. The third-order valence-electron chi connectivity index (χ3n) is 12.0. The molecule has 0 bridgehead atoms. The topological polar surface area (TPSA) is 114 Å². The average Bonchev–Trinajstić information content (AvgIpc) is 3.75. The van der Waals surface area contributed by atoms with Gasteiger partial charge in [0.15, 0.2) is 0 Å². The Morgan fingerprint density at radius 1 is 0.525 bits per heavy atom. The maximum atomic E-state index is 13.1. The number of unbranched alkanes of at least 4 members (excludes halogenated alkanes) is 18. The first-order chi connectivity index (χ1) is 28.8. The normalized spacial score (nSPS) is 13.7. The Bertz CT molecular complexity index is 993. The number of aromatic nitrogens is 2. The lowest BCUT2D eigenvalue weighted by atomic mass is 9.94. The van der Waals surface area contributed by atoms with Crippen molar-refractivity contribution in [2.75, 3.05) is 32.8 Å². The lowest BCUT2D eigenvalue weighted by Gasteiger charge is -2.27. The lowest BCUT2D eigenvalue weighted by Crippen LogP contribution is -2.39. The molecular formula is C50H95N3O6. The number of aryl methyl sites for hydroxylation is 1. The van der Waals surface area contributed by atoms with E-state index in [0.29, 0.717) is 39.1 Å². The summed E-state index contributed by atoms with van der Waals surface area (Å²) in [5.74, 6) is -0.0362. The molecule has 0 amide bonds. The largest absolute Gasteiger partial charge is 0.465 e. The van der Waals surface area contributed by atoms with Crippen LogP contribution in [0.15, 0.2) is 18.7 Å². The molecule has 9 heteroatoms. The van der Waals surface area contributed by atoms with Gasteiger partial charge in [-0.2, -0.15) is 0 Å². The number of carbonyl (C=O) groups is 2. The molecule has 0 spiro atoms. The number of hydrogen-bond donors (Lipinski definition) is 2. The van der Waals surface area contributed by atoms with E-state index < -0.39 is 12.2 Å². The minimum atomic E-state index is -0.518. The molecular weight excluding hydrogens is 739 g/mol. The molecule has 1 aromatic heterocycles. The van der Waals surface area contributed by atoms with Crippen LogP contribution in [0.4, 0.5) is 0 Å². The van der Waals surface area contributed by atoms with Gasteiger partial charge in [0.1, 0.15) is 0 Å². The zero-order chi connectivity index (χ0) is 43.0. The molecule has 0 saturated carbocycles. The maximum absolute atomic E-state index is 13.1. The molecule has 1 heterocycles. The van der Waals surface area contributed by atoms with Crippen molar-refractivity contribution in [3.63, 3.8) is 0 Å². The number of rotatable bonds is 44. The van der Waals surface area contributed by atoms with Crippen molar-refractivity contribution in [2.24, 2.45) is 11.8 Å². The van der Waals surface area contributed by atoms with E-state index in [0.717, 1.165) is 96.6 Å². The molecule has 0 saturated heterocycles. The molecule has 59 heavy (non-hydrogen) atoms. The van der Waals surface area contributed by atoms with Gasteiger partial charge in [0.05, 0.1) is 43.6 Å². The van der Waals surface area contributed by atoms with E-state index in [1.165, 1.54) is 103 Å². The highest BCUT2D eigenvalue weighted by Crippen LogP contribution is 2.22. The van der Waals surface area contributed by atoms with Crippen molar-refractivity contribution < 1.29 is 29.3 Å². The fourth-order valence-electron chi connectivity index (χ4n) is 8.21. The van der Waals surface area contributed by atoms with Crippen molar-refractivity contribution in [3.8, 4) is 0 Å². The fraction of sp³-hybridized carbons (Fsp3) is 0.900. The molecule has 0 radical (unpaired) electrons. The second-order valence-electron chi connectivity index (χ2n) is 17.8. The fourth-order valence-corrected chi connectivity index (χ4v) is 8.21. The third-order valence-corrected chi connectivity index (χ3v) is 12.0. The number of carbonyl (C=O) groups excluding carboxylic acids is 2. The second kappa shape index (κ2) is 40.1. The van der Waals surface area contributed by atoms with Crippen molar-refractivity contribution >= 4 is 11.9 Å². The highest BCUT2D eigenvalue weighted by molar-refractivity contribution is 5.72. The number of hydrogen-bond acceptors (Lipinski definition) is 8. The van der Waals surface area contributed by atoms with Crippen molar-refractivity contribution in [3.05, 3.63) is 18.7 Å². The summed E-state index contributed by atoms with van der Waals surface area (Å²) in [6.45, 7) is 12.3. The number of imidazole rings is 1. The SMILES string of the molecule is CCCCCCCCC(CCCCCC)C(=O)OCCCC[C@@H](O)CN(CCCn1ccnc1)C[C@H](O)CCCCOC(=O)C(CCCCCC)CCCCCCCC. The van der Waals surface area contributed by atoms with E-state index in [1.54, 1.807) is 6.20 Å². The number of nitrogens with zero attached hydrogens (tertiary/aromatic N) is 3. The Kier molecular flexibility index (Phi) is 37.4. The van der Waals surface area contributed by atoms with Gasteiger partial charge < -0.3 is 24.3 Å². The van der Waals surface area contributed by atoms with Crippen LogP contribution in [-0.4, -0.2) is 81.7 Å². The monoisotopic (exact) mass is 834 g/mol. The molecule has 0 aliphatic heterocycles. The molecule has 0 aliphatic carbocycles. The Morgan fingerprint density at radius 2 is 0.898 bits per heavy atom. The van der Waals surface area contributed by atoms with Crippen LogP contribution in [0.25, 0.3) is 0 Å². The van der Waals surface area contributed by atoms with Gasteiger partial charge in [0.25, 0.3) is 0 Å². The molecule has 9 nitrogen and oxygen atoms in total. The van der Waals surface area contributed by atoms with Crippen LogP contribution in [0.2, 0.25) is 0 Å². The Morgan fingerprint density at radius 3 is 1.29 bits per heavy atom. The van der Waals surface area contributed by atoms with E-state index in [4.69, 9.17) is 9.47 Å². The minimum absolute atomic E-state index is 0.0122. The van der Waals surface area contributed by atoms with Crippen LogP contribution >= 0.6 is 0 Å². The molecule has 0 fully saturated rings. The van der Waals surface area contributed by atoms with Crippen LogP contribution in [0, 0.1) is 11.8 Å². The molecule has 346 valence electrons. The van der Waals surface area contributed by atoms with Crippen LogP contribution in [0.5, 0.6) is 0 Å². The number of ether oxygens (including phenoxy) is 2. The summed E-state index contributed by atoms with van der Waals surface area (Å²) in [5, 5.41) is 22.1. The number of aliphatic hydroxyl groups is 2. The summed E-state index contributed by atoms with van der Waals surface area (Å²) in [4.78, 5) is 32.5. The van der Waals surface area contributed by atoms with Gasteiger partial charge in [-0.1, -0.05) is 156 Å². The zero-order valence-electron chi connectivity index (χ0n) is 39.1. The highest BCUT2D eigenvalue weighted by atomic mass is 16.5. The molecule has 2 N–H and O–H groups in total. The quantitative estimate of drug-likeness (QED) is 0.0493. The van der Waals surface area contributed by atoms with Gasteiger partial charge in [0, 0.05) is 38.6 Å². The summed E-state index contributed by atoms with van der Waals surface area (Å²) >= 11 is 0. The van der Waals surface area contributed by atoms with Crippen LogP contribution in [0.3, 0.4) is 0 Å². The van der Waals surface area contributed by atoms with Gasteiger partial charge in [-0.05, 0) is 70.6 Å². The van der Waals surface area contributed by atoms with Crippen molar-refractivity contribution in [1.82, 2.24) is 14.5 Å². The summed E-state index contributed by atoms with van der Waals surface area (Å²) < 4.78 is 13.6. The standard InChI is InChI=1S/C50H95N3O6/c1-5-9-13-17-19-23-32-45(30-21-15-11-7-3)49(56)58-40-27-25-34-47(54)42-53(38-29-37-52-39-36-51-44-52)43-48(55)35-26-28-41-59-50(57)46(31-22-16-12-8-4)33-24-20-18-14-10-6-2/h36,39,44-48,54-55H,5-35,37-38,40-43H2,1-4H3/t45?,46?,47-,48-/m1/s1. The molecule has 4 atom stereocenters. The van der Waals surface area contributed by atoms with Gasteiger partial charge in [-0.15, -0.1) is 0 Å². The third kappa shape index (κ3) is 32.4.